The lowest BCUT2D eigenvalue weighted by molar-refractivity contribution is -0.109. The summed E-state index contributed by atoms with van der Waals surface area (Å²) in [5, 5.41) is 17.9. The monoisotopic (exact) mass is 167 g/mol. The number of aldehydes is 1. The van der Waals surface area contributed by atoms with Crippen molar-refractivity contribution in [2.45, 2.75) is 6.04 Å². The zero-order valence-corrected chi connectivity index (χ0v) is 6.27. The SMILES string of the molecule is NC(C=O)c1ccc(O)c(O)c1. The lowest BCUT2D eigenvalue weighted by Crippen LogP contribution is -2.10. The van der Waals surface area contributed by atoms with E-state index in [9.17, 15) is 4.79 Å². The second kappa shape index (κ2) is 3.23. The summed E-state index contributed by atoms with van der Waals surface area (Å²) in [4.78, 5) is 10.2. The molecule has 4 nitrogen and oxygen atoms in total. The second-order valence-electron chi connectivity index (χ2n) is 2.41. The highest BCUT2D eigenvalue weighted by Gasteiger charge is 2.06. The maximum Gasteiger partial charge on any atom is 0.157 e. The molecule has 0 fully saturated rings. The van der Waals surface area contributed by atoms with Crippen LogP contribution < -0.4 is 5.73 Å². The highest BCUT2D eigenvalue weighted by atomic mass is 16.3. The molecule has 0 bridgehead atoms. The molecule has 0 radical (unpaired) electrons. The standard InChI is InChI=1S/C8H9NO3/c9-6(4-10)5-1-2-7(11)8(12)3-5/h1-4,6,11-12H,9H2. The van der Waals surface area contributed by atoms with Crippen LogP contribution >= 0.6 is 0 Å². The number of carbonyl (C=O) groups excluding carboxylic acids is 1. The molecule has 1 aromatic carbocycles. The number of phenols is 2. The van der Waals surface area contributed by atoms with Gasteiger partial charge < -0.3 is 20.7 Å². The number of aromatic hydroxyl groups is 2. The predicted molar refractivity (Wildman–Crippen MR) is 42.8 cm³/mol. The van der Waals surface area contributed by atoms with Gasteiger partial charge in [0.25, 0.3) is 0 Å². The van der Waals surface area contributed by atoms with E-state index < -0.39 is 6.04 Å². The summed E-state index contributed by atoms with van der Waals surface area (Å²) in [7, 11) is 0. The van der Waals surface area contributed by atoms with Crippen LogP contribution in [0.2, 0.25) is 0 Å². The Morgan fingerprint density at radius 1 is 1.33 bits per heavy atom. The third-order valence-electron chi connectivity index (χ3n) is 1.53. The fourth-order valence-corrected chi connectivity index (χ4v) is 0.826. The van der Waals surface area contributed by atoms with E-state index >= 15 is 0 Å². The van der Waals surface area contributed by atoms with Gasteiger partial charge in [-0.15, -0.1) is 0 Å². The van der Waals surface area contributed by atoms with Crippen molar-refractivity contribution in [2.75, 3.05) is 0 Å². The van der Waals surface area contributed by atoms with Crippen LogP contribution in [0.25, 0.3) is 0 Å². The molecule has 0 saturated heterocycles. The quantitative estimate of drug-likeness (QED) is 0.437. The molecule has 0 amide bonds. The number of hydrogen-bond donors (Lipinski definition) is 3. The maximum atomic E-state index is 10.2. The van der Waals surface area contributed by atoms with Crippen LogP contribution in [0.3, 0.4) is 0 Å². The zero-order valence-electron chi connectivity index (χ0n) is 6.27. The first-order valence-corrected chi connectivity index (χ1v) is 3.38. The van der Waals surface area contributed by atoms with Gasteiger partial charge in [0.2, 0.25) is 0 Å². The number of carbonyl (C=O) groups is 1. The summed E-state index contributed by atoms with van der Waals surface area (Å²) in [5.41, 5.74) is 5.82. The maximum absolute atomic E-state index is 10.2. The molecule has 0 spiro atoms. The largest absolute Gasteiger partial charge is 0.504 e. The van der Waals surface area contributed by atoms with Crippen molar-refractivity contribution >= 4 is 6.29 Å². The Bertz CT molecular complexity index is 298. The molecule has 0 aliphatic heterocycles. The molecule has 0 aliphatic carbocycles. The van der Waals surface area contributed by atoms with E-state index in [-0.39, 0.29) is 11.5 Å². The Morgan fingerprint density at radius 3 is 2.50 bits per heavy atom. The lowest BCUT2D eigenvalue weighted by atomic mass is 10.1. The van der Waals surface area contributed by atoms with Gasteiger partial charge in [0.15, 0.2) is 11.5 Å². The Labute approximate surface area is 69.3 Å². The first kappa shape index (κ1) is 8.55. The van der Waals surface area contributed by atoms with Crippen molar-refractivity contribution in [3.8, 4) is 11.5 Å². The highest BCUT2D eigenvalue weighted by Crippen LogP contribution is 2.26. The van der Waals surface area contributed by atoms with Gasteiger partial charge in [-0.1, -0.05) is 6.07 Å². The number of phenolic OH excluding ortho intramolecular Hbond substituents is 2. The number of hydrogen-bond acceptors (Lipinski definition) is 4. The van der Waals surface area contributed by atoms with Crippen LogP contribution in [0.4, 0.5) is 0 Å². The van der Waals surface area contributed by atoms with Gasteiger partial charge in [-0.3, -0.25) is 0 Å². The minimum absolute atomic E-state index is 0.225. The first-order chi connectivity index (χ1) is 5.65. The zero-order chi connectivity index (χ0) is 9.14. The molecule has 1 unspecified atom stereocenters. The summed E-state index contributed by atoms with van der Waals surface area (Å²) in [6.07, 6.45) is 0.561. The smallest absolute Gasteiger partial charge is 0.157 e. The Morgan fingerprint density at radius 2 is 2.00 bits per heavy atom. The molecular formula is C8H9NO3. The third kappa shape index (κ3) is 1.54. The molecule has 0 saturated carbocycles. The lowest BCUT2D eigenvalue weighted by Gasteiger charge is -2.04. The summed E-state index contributed by atoms with van der Waals surface area (Å²) in [6, 6.07) is 3.27. The Balaban J connectivity index is 3.04. The van der Waals surface area contributed by atoms with E-state index in [2.05, 4.69) is 0 Å². The summed E-state index contributed by atoms with van der Waals surface area (Å²) < 4.78 is 0. The van der Waals surface area contributed by atoms with Crippen molar-refractivity contribution in [2.24, 2.45) is 5.73 Å². The molecule has 1 aromatic rings. The second-order valence-corrected chi connectivity index (χ2v) is 2.41. The van der Waals surface area contributed by atoms with Crippen LogP contribution in [-0.2, 0) is 4.79 Å². The van der Waals surface area contributed by atoms with Crippen molar-refractivity contribution in [1.82, 2.24) is 0 Å². The number of rotatable bonds is 2. The average Bonchev–Trinajstić information content (AvgIpc) is 2.08. The molecule has 4 heteroatoms. The number of nitrogens with two attached hydrogens (primary N) is 1. The van der Waals surface area contributed by atoms with Gasteiger partial charge in [-0.25, -0.2) is 0 Å². The molecule has 4 N–H and O–H groups in total. The van der Waals surface area contributed by atoms with Gasteiger partial charge in [-0.05, 0) is 17.7 Å². The van der Waals surface area contributed by atoms with Gasteiger partial charge in [0.1, 0.15) is 6.29 Å². The van der Waals surface area contributed by atoms with E-state index in [1.807, 2.05) is 0 Å². The van der Waals surface area contributed by atoms with Crippen LogP contribution in [0.15, 0.2) is 18.2 Å². The topological polar surface area (TPSA) is 83.6 Å². The van der Waals surface area contributed by atoms with Crippen molar-refractivity contribution < 1.29 is 15.0 Å². The molecule has 12 heavy (non-hydrogen) atoms. The van der Waals surface area contributed by atoms with Crippen molar-refractivity contribution in [3.63, 3.8) is 0 Å². The van der Waals surface area contributed by atoms with E-state index in [1.165, 1.54) is 18.2 Å². The van der Waals surface area contributed by atoms with Gasteiger partial charge >= 0.3 is 0 Å². The van der Waals surface area contributed by atoms with Gasteiger partial charge in [0.05, 0.1) is 6.04 Å². The molecule has 0 aliphatic rings. The predicted octanol–water partition coefficient (Wildman–Crippen LogP) is 0.296. The molecule has 0 aromatic heterocycles. The van der Waals surface area contributed by atoms with Gasteiger partial charge in [-0.2, -0.15) is 0 Å². The van der Waals surface area contributed by atoms with Crippen LogP contribution in [0.5, 0.6) is 11.5 Å². The molecule has 1 atom stereocenters. The number of benzene rings is 1. The highest BCUT2D eigenvalue weighted by molar-refractivity contribution is 5.62. The van der Waals surface area contributed by atoms with Crippen LogP contribution in [-0.4, -0.2) is 16.5 Å². The average molecular weight is 167 g/mol. The summed E-state index contributed by atoms with van der Waals surface area (Å²) in [5.74, 6) is -0.498. The summed E-state index contributed by atoms with van der Waals surface area (Å²) >= 11 is 0. The van der Waals surface area contributed by atoms with Crippen molar-refractivity contribution in [1.29, 1.82) is 0 Å². The van der Waals surface area contributed by atoms with E-state index in [4.69, 9.17) is 15.9 Å². The van der Waals surface area contributed by atoms with Crippen LogP contribution in [0, 0.1) is 0 Å². The minimum Gasteiger partial charge on any atom is -0.504 e. The van der Waals surface area contributed by atoms with E-state index in [0.29, 0.717) is 11.8 Å². The Kier molecular flexibility index (Phi) is 2.30. The first-order valence-electron chi connectivity index (χ1n) is 3.38. The fourth-order valence-electron chi connectivity index (χ4n) is 0.826. The van der Waals surface area contributed by atoms with Gasteiger partial charge in [0, 0.05) is 0 Å². The van der Waals surface area contributed by atoms with E-state index in [0.717, 1.165) is 0 Å². The van der Waals surface area contributed by atoms with Crippen molar-refractivity contribution in [3.05, 3.63) is 23.8 Å². The molecular weight excluding hydrogens is 158 g/mol. The normalized spacial score (nSPS) is 12.4. The Hall–Kier alpha value is -1.55. The molecule has 1 rings (SSSR count). The van der Waals surface area contributed by atoms with E-state index in [1.54, 1.807) is 0 Å². The molecule has 64 valence electrons. The molecule has 0 heterocycles. The van der Waals surface area contributed by atoms with Crippen LogP contribution in [0.1, 0.15) is 11.6 Å². The summed E-state index contributed by atoms with van der Waals surface area (Å²) in [6.45, 7) is 0. The third-order valence-corrected chi connectivity index (χ3v) is 1.53. The fraction of sp³-hybridized carbons (Fsp3) is 0.125. The minimum atomic E-state index is -0.753.